The second kappa shape index (κ2) is 10.2. The van der Waals surface area contributed by atoms with Gasteiger partial charge in [-0.2, -0.15) is 13.2 Å². The molecule has 1 aliphatic rings. The molecular formula is C24H26F3N5O. The SMILES string of the molecule is O=C(CN1CCN(CCn2ccnc2-c2ccccc2)CC1)Nc1ccc(C(F)(F)F)cc1. The van der Waals surface area contributed by atoms with Crippen LogP contribution in [0.25, 0.3) is 11.4 Å². The van der Waals surface area contributed by atoms with Gasteiger partial charge in [-0.1, -0.05) is 30.3 Å². The molecule has 0 spiro atoms. The van der Waals surface area contributed by atoms with Gasteiger partial charge in [-0.05, 0) is 24.3 Å². The third-order valence-corrected chi connectivity index (χ3v) is 5.73. The van der Waals surface area contributed by atoms with Crippen molar-refractivity contribution in [2.75, 3.05) is 44.6 Å². The Morgan fingerprint density at radius 1 is 0.909 bits per heavy atom. The highest BCUT2D eigenvalue weighted by atomic mass is 19.4. The van der Waals surface area contributed by atoms with E-state index < -0.39 is 11.7 Å². The topological polar surface area (TPSA) is 53.4 Å². The highest BCUT2D eigenvalue weighted by molar-refractivity contribution is 5.92. The van der Waals surface area contributed by atoms with Crippen LogP contribution >= 0.6 is 0 Å². The Labute approximate surface area is 190 Å². The van der Waals surface area contributed by atoms with E-state index in [0.717, 1.165) is 62.8 Å². The van der Waals surface area contributed by atoms with E-state index in [1.54, 1.807) is 0 Å². The van der Waals surface area contributed by atoms with Crippen LogP contribution in [0.2, 0.25) is 0 Å². The average molecular weight is 458 g/mol. The van der Waals surface area contributed by atoms with E-state index in [0.29, 0.717) is 5.69 Å². The number of nitrogens with one attached hydrogen (secondary N) is 1. The second-order valence-electron chi connectivity index (χ2n) is 8.05. The number of aromatic nitrogens is 2. The van der Waals surface area contributed by atoms with Gasteiger partial charge in [-0.25, -0.2) is 4.98 Å². The molecule has 174 valence electrons. The van der Waals surface area contributed by atoms with E-state index in [9.17, 15) is 18.0 Å². The third-order valence-electron chi connectivity index (χ3n) is 5.73. The first-order chi connectivity index (χ1) is 15.9. The number of piperazine rings is 1. The van der Waals surface area contributed by atoms with Gasteiger partial charge in [0, 0.05) is 62.9 Å². The summed E-state index contributed by atoms with van der Waals surface area (Å²) in [5.41, 5.74) is 0.718. The summed E-state index contributed by atoms with van der Waals surface area (Å²) in [5.74, 6) is 0.725. The van der Waals surface area contributed by atoms with Crippen LogP contribution in [-0.4, -0.2) is 64.5 Å². The summed E-state index contributed by atoms with van der Waals surface area (Å²) in [4.78, 5) is 21.2. The Bertz CT molecular complexity index is 1040. The number of hydrogen-bond acceptors (Lipinski definition) is 4. The minimum Gasteiger partial charge on any atom is -0.330 e. The smallest absolute Gasteiger partial charge is 0.330 e. The molecule has 0 radical (unpaired) electrons. The van der Waals surface area contributed by atoms with Gasteiger partial charge in [0.05, 0.1) is 12.1 Å². The molecule has 4 rings (SSSR count). The molecule has 0 aliphatic carbocycles. The Hall–Kier alpha value is -3.17. The van der Waals surface area contributed by atoms with Crippen molar-refractivity contribution in [1.82, 2.24) is 19.4 Å². The Balaban J connectivity index is 1.21. The quantitative estimate of drug-likeness (QED) is 0.586. The molecule has 1 N–H and O–H groups in total. The third kappa shape index (κ3) is 6.21. The number of carbonyl (C=O) groups is 1. The summed E-state index contributed by atoms with van der Waals surface area (Å²) in [6, 6.07) is 14.6. The van der Waals surface area contributed by atoms with Crippen molar-refractivity contribution in [2.24, 2.45) is 0 Å². The Morgan fingerprint density at radius 3 is 2.24 bits per heavy atom. The number of benzene rings is 2. The van der Waals surface area contributed by atoms with Crippen LogP contribution in [-0.2, 0) is 17.5 Å². The van der Waals surface area contributed by atoms with E-state index in [1.165, 1.54) is 12.1 Å². The fourth-order valence-corrected chi connectivity index (χ4v) is 3.90. The van der Waals surface area contributed by atoms with Gasteiger partial charge in [0.25, 0.3) is 0 Å². The summed E-state index contributed by atoms with van der Waals surface area (Å²) in [7, 11) is 0. The lowest BCUT2D eigenvalue weighted by atomic mass is 10.2. The molecule has 1 fully saturated rings. The van der Waals surface area contributed by atoms with Crippen LogP contribution in [0.4, 0.5) is 18.9 Å². The highest BCUT2D eigenvalue weighted by Gasteiger charge is 2.30. The zero-order valence-corrected chi connectivity index (χ0v) is 18.1. The molecule has 3 aromatic rings. The van der Waals surface area contributed by atoms with E-state index in [1.807, 2.05) is 42.7 Å². The minimum atomic E-state index is -4.39. The van der Waals surface area contributed by atoms with Gasteiger partial charge in [0.1, 0.15) is 5.82 Å². The maximum Gasteiger partial charge on any atom is 0.416 e. The number of amides is 1. The van der Waals surface area contributed by atoms with Gasteiger partial charge >= 0.3 is 6.18 Å². The average Bonchev–Trinajstić information content (AvgIpc) is 3.28. The first kappa shape index (κ1) is 23.0. The zero-order valence-electron chi connectivity index (χ0n) is 18.1. The molecule has 1 amide bonds. The first-order valence-corrected chi connectivity index (χ1v) is 10.9. The molecule has 1 aliphatic heterocycles. The number of anilines is 1. The lowest BCUT2D eigenvalue weighted by Crippen LogP contribution is -2.49. The highest BCUT2D eigenvalue weighted by Crippen LogP contribution is 2.29. The predicted molar refractivity (Wildman–Crippen MR) is 121 cm³/mol. The van der Waals surface area contributed by atoms with Gasteiger partial charge < -0.3 is 9.88 Å². The number of hydrogen-bond donors (Lipinski definition) is 1. The van der Waals surface area contributed by atoms with Crippen molar-refractivity contribution in [3.8, 4) is 11.4 Å². The van der Waals surface area contributed by atoms with Crippen LogP contribution in [0.3, 0.4) is 0 Å². The molecule has 0 atom stereocenters. The van der Waals surface area contributed by atoms with Crippen LogP contribution in [0, 0.1) is 0 Å². The van der Waals surface area contributed by atoms with E-state index >= 15 is 0 Å². The van der Waals surface area contributed by atoms with Crippen molar-refractivity contribution in [2.45, 2.75) is 12.7 Å². The number of halogens is 3. The van der Waals surface area contributed by atoms with Gasteiger partial charge in [0.2, 0.25) is 5.91 Å². The first-order valence-electron chi connectivity index (χ1n) is 10.9. The summed E-state index contributed by atoms with van der Waals surface area (Å²) in [6.07, 6.45) is -0.580. The Kier molecular flexibility index (Phi) is 7.10. The molecule has 0 bridgehead atoms. The van der Waals surface area contributed by atoms with Gasteiger partial charge in [-0.3, -0.25) is 14.6 Å². The minimum absolute atomic E-state index is 0.217. The molecular weight excluding hydrogens is 431 g/mol. The summed E-state index contributed by atoms with van der Waals surface area (Å²) >= 11 is 0. The zero-order chi connectivity index (χ0) is 23.3. The van der Waals surface area contributed by atoms with Crippen molar-refractivity contribution >= 4 is 11.6 Å². The van der Waals surface area contributed by atoms with Crippen molar-refractivity contribution < 1.29 is 18.0 Å². The largest absolute Gasteiger partial charge is 0.416 e. The summed E-state index contributed by atoms with van der Waals surface area (Å²) in [6.45, 7) is 5.16. The number of rotatable bonds is 7. The van der Waals surface area contributed by atoms with E-state index in [2.05, 4.69) is 24.7 Å². The van der Waals surface area contributed by atoms with Crippen LogP contribution < -0.4 is 5.32 Å². The molecule has 1 aromatic heterocycles. The maximum absolute atomic E-state index is 12.7. The van der Waals surface area contributed by atoms with Gasteiger partial charge in [-0.15, -0.1) is 0 Å². The molecule has 33 heavy (non-hydrogen) atoms. The molecule has 2 aromatic carbocycles. The molecule has 1 saturated heterocycles. The lowest BCUT2D eigenvalue weighted by Gasteiger charge is -2.34. The van der Waals surface area contributed by atoms with Crippen molar-refractivity contribution in [1.29, 1.82) is 0 Å². The fraction of sp³-hybridized carbons (Fsp3) is 0.333. The fourth-order valence-electron chi connectivity index (χ4n) is 3.90. The second-order valence-corrected chi connectivity index (χ2v) is 8.05. The number of nitrogens with zero attached hydrogens (tertiary/aromatic N) is 4. The van der Waals surface area contributed by atoms with E-state index in [4.69, 9.17) is 0 Å². The molecule has 2 heterocycles. The van der Waals surface area contributed by atoms with Gasteiger partial charge in [0.15, 0.2) is 0 Å². The molecule has 9 heteroatoms. The summed E-state index contributed by atoms with van der Waals surface area (Å²) < 4.78 is 40.1. The monoisotopic (exact) mass is 457 g/mol. The molecule has 0 unspecified atom stereocenters. The number of alkyl halides is 3. The van der Waals surface area contributed by atoms with Crippen LogP contribution in [0.1, 0.15) is 5.56 Å². The Morgan fingerprint density at radius 2 is 1.58 bits per heavy atom. The lowest BCUT2D eigenvalue weighted by molar-refractivity contribution is -0.137. The van der Waals surface area contributed by atoms with Crippen LogP contribution in [0.5, 0.6) is 0 Å². The number of carbonyl (C=O) groups excluding carboxylic acids is 1. The molecule has 0 saturated carbocycles. The maximum atomic E-state index is 12.7. The number of imidazole rings is 1. The normalized spacial score (nSPS) is 15.5. The summed E-state index contributed by atoms with van der Waals surface area (Å²) in [5, 5.41) is 2.67. The van der Waals surface area contributed by atoms with Crippen molar-refractivity contribution in [3.63, 3.8) is 0 Å². The predicted octanol–water partition coefficient (Wildman–Crippen LogP) is 3.83. The molecule has 6 nitrogen and oxygen atoms in total. The van der Waals surface area contributed by atoms with Crippen molar-refractivity contribution in [3.05, 3.63) is 72.6 Å². The van der Waals surface area contributed by atoms with E-state index in [-0.39, 0.29) is 12.5 Å². The standard InChI is InChI=1S/C24H26F3N5O/c25-24(26,27)20-6-8-21(9-7-20)29-22(33)18-31-14-12-30(13-15-31)16-17-32-11-10-28-23(32)19-4-2-1-3-5-19/h1-11H,12-18H2,(H,29,33). The van der Waals surface area contributed by atoms with Crippen LogP contribution in [0.15, 0.2) is 67.0 Å².